The maximum atomic E-state index is 11.8. The van der Waals surface area contributed by atoms with Crippen LogP contribution in [-0.4, -0.2) is 26.1 Å². The van der Waals surface area contributed by atoms with Crippen molar-refractivity contribution in [2.75, 3.05) is 5.01 Å². The third-order valence-electron chi connectivity index (χ3n) is 4.08. The lowest BCUT2D eigenvalue weighted by Crippen LogP contribution is -2.38. The first kappa shape index (κ1) is 19.0. The predicted octanol–water partition coefficient (Wildman–Crippen LogP) is 4.58. The molecule has 1 N–H and O–H groups in total. The smallest absolute Gasteiger partial charge is 0.268 e. The molecule has 0 spiro atoms. The van der Waals surface area contributed by atoms with Crippen molar-refractivity contribution in [1.29, 1.82) is 0 Å². The van der Waals surface area contributed by atoms with Gasteiger partial charge in [0.05, 0.1) is 27.4 Å². The minimum absolute atomic E-state index is 0.215. The number of carbonyl (C=O) groups excluding carboxylic acids is 1. The van der Waals surface area contributed by atoms with Gasteiger partial charge in [0.25, 0.3) is 5.95 Å². The van der Waals surface area contributed by atoms with Crippen molar-refractivity contribution in [2.45, 2.75) is 6.92 Å². The zero-order valence-electron chi connectivity index (χ0n) is 15.2. The average molecular weight is 425 g/mol. The molecule has 2 heterocycles. The number of pyridine rings is 1. The van der Waals surface area contributed by atoms with E-state index in [2.05, 4.69) is 25.6 Å². The van der Waals surface area contributed by atoms with Crippen molar-refractivity contribution in [3.63, 3.8) is 0 Å². The van der Waals surface area contributed by atoms with Crippen LogP contribution in [0.3, 0.4) is 0 Å². The van der Waals surface area contributed by atoms with E-state index in [1.165, 1.54) is 11.9 Å². The molecular weight excluding hydrogens is 411 g/mol. The van der Waals surface area contributed by atoms with E-state index in [0.29, 0.717) is 21.4 Å². The van der Waals surface area contributed by atoms with E-state index in [9.17, 15) is 4.79 Å². The Morgan fingerprint density at radius 3 is 2.59 bits per heavy atom. The molecule has 7 nitrogen and oxygen atoms in total. The first-order valence-corrected chi connectivity index (χ1v) is 9.34. The van der Waals surface area contributed by atoms with E-state index in [0.717, 1.165) is 16.5 Å². The Kier molecular flexibility index (Phi) is 5.24. The Balaban J connectivity index is 1.71. The minimum atomic E-state index is -0.270. The van der Waals surface area contributed by atoms with Crippen molar-refractivity contribution >= 4 is 51.6 Å². The van der Waals surface area contributed by atoms with Crippen LogP contribution in [0.15, 0.2) is 60.9 Å². The quantitative estimate of drug-likeness (QED) is 0.482. The van der Waals surface area contributed by atoms with Gasteiger partial charge in [-0.05, 0) is 36.4 Å². The van der Waals surface area contributed by atoms with Crippen LogP contribution >= 0.6 is 23.2 Å². The molecule has 0 atom stereocenters. The van der Waals surface area contributed by atoms with Crippen LogP contribution in [0.5, 0.6) is 0 Å². The lowest BCUT2D eigenvalue weighted by molar-refractivity contribution is -0.118. The number of amides is 1. The average Bonchev–Trinajstić information content (AvgIpc) is 2.74. The van der Waals surface area contributed by atoms with Crippen molar-refractivity contribution < 1.29 is 4.79 Å². The largest absolute Gasteiger partial charge is 0.274 e. The van der Waals surface area contributed by atoms with Gasteiger partial charge in [-0.1, -0.05) is 35.3 Å². The van der Waals surface area contributed by atoms with Crippen LogP contribution in [0.1, 0.15) is 6.92 Å². The number of aromatic nitrogens is 4. The van der Waals surface area contributed by atoms with Gasteiger partial charge in [0.2, 0.25) is 5.91 Å². The Morgan fingerprint density at radius 2 is 1.86 bits per heavy atom. The van der Waals surface area contributed by atoms with Gasteiger partial charge in [-0.25, -0.2) is 9.99 Å². The second-order valence-corrected chi connectivity index (χ2v) is 6.97. The van der Waals surface area contributed by atoms with E-state index < -0.39 is 0 Å². The Morgan fingerprint density at radius 1 is 1.00 bits per heavy atom. The molecule has 0 unspecified atom stereocenters. The fourth-order valence-corrected chi connectivity index (χ4v) is 3.05. The Hall–Kier alpha value is -3.29. The van der Waals surface area contributed by atoms with E-state index in [4.69, 9.17) is 23.2 Å². The second-order valence-electron chi connectivity index (χ2n) is 6.16. The highest BCUT2D eigenvalue weighted by atomic mass is 35.5. The maximum Gasteiger partial charge on any atom is 0.268 e. The lowest BCUT2D eigenvalue weighted by atomic mass is 10.2. The molecule has 0 saturated heterocycles. The summed E-state index contributed by atoms with van der Waals surface area (Å²) in [5.41, 5.74) is 5.49. The molecular formula is C20H14Cl2N6O. The summed E-state index contributed by atoms with van der Waals surface area (Å²) in [6, 6.07) is 14.5. The van der Waals surface area contributed by atoms with Gasteiger partial charge in [0.15, 0.2) is 0 Å². The number of carbonyl (C=O) groups is 1. The minimum Gasteiger partial charge on any atom is -0.274 e. The number of benzene rings is 2. The van der Waals surface area contributed by atoms with E-state index in [1.54, 1.807) is 30.6 Å². The highest BCUT2D eigenvalue weighted by Gasteiger charge is 2.16. The van der Waals surface area contributed by atoms with E-state index in [-0.39, 0.29) is 11.9 Å². The highest BCUT2D eigenvalue weighted by molar-refractivity contribution is 6.42. The molecule has 0 bridgehead atoms. The molecule has 29 heavy (non-hydrogen) atoms. The monoisotopic (exact) mass is 424 g/mol. The van der Waals surface area contributed by atoms with Crippen LogP contribution in [-0.2, 0) is 4.79 Å². The molecule has 2 aromatic carbocycles. The van der Waals surface area contributed by atoms with Crippen LogP contribution in [0.2, 0.25) is 10.0 Å². The summed E-state index contributed by atoms with van der Waals surface area (Å²) < 4.78 is 0. The second kappa shape index (κ2) is 7.98. The summed E-state index contributed by atoms with van der Waals surface area (Å²) in [6.45, 7) is 1.41. The molecule has 0 fully saturated rings. The highest BCUT2D eigenvalue weighted by Crippen LogP contribution is 2.28. The number of fused-ring (bicyclic) bond motifs is 1. The van der Waals surface area contributed by atoms with Gasteiger partial charge in [0, 0.05) is 24.1 Å². The summed E-state index contributed by atoms with van der Waals surface area (Å²) in [7, 11) is 0. The Labute approximate surface area is 176 Å². The molecule has 0 aliphatic carbocycles. The number of halogens is 2. The molecule has 9 heteroatoms. The fourth-order valence-electron chi connectivity index (χ4n) is 2.75. The summed E-state index contributed by atoms with van der Waals surface area (Å²) in [5.74, 6) is -0.0549. The molecule has 1 amide bonds. The number of rotatable bonds is 4. The van der Waals surface area contributed by atoms with Gasteiger partial charge in [-0.15, -0.1) is 10.2 Å². The topological polar surface area (TPSA) is 83.9 Å². The van der Waals surface area contributed by atoms with Crippen LogP contribution in [0.25, 0.3) is 22.2 Å². The van der Waals surface area contributed by atoms with Crippen molar-refractivity contribution in [3.8, 4) is 11.3 Å². The van der Waals surface area contributed by atoms with Gasteiger partial charge < -0.3 is 0 Å². The van der Waals surface area contributed by atoms with Gasteiger partial charge in [-0.2, -0.15) is 0 Å². The van der Waals surface area contributed by atoms with Crippen LogP contribution in [0, 0.1) is 0 Å². The first-order valence-electron chi connectivity index (χ1n) is 8.58. The fraction of sp³-hybridized carbons (Fsp3) is 0.0500. The first-order chi connectivity index (χ1) is 14.0. The summed E-state index contributed by atoms with van der Waals surface area (Å²) in [6.07, 6.45) is 3.28. The summed E-state index contributed by atoms with van der Waals surface area (Å²) >= 11 is 12.0. The van der Waals surface area contributed by atoms with Gasteiger partial charge in [0.1, 0.15) is 5.69 Å². The number of hydrogen-bond acceptors (Lipinski definition) is 6. The molecule has 4 rings (SSSR count). The standard InChI is InChI=1S/C20H14Cl2N6O/c1-12(29)27-28(15-5-7-18-13(9-15)3-2-8-23-18)20-24-11-19(25-26-20)14-4-6-16(21)17(22)10-14/h2-11H,1H3,(H,27,29). The molecule has 0 aliphatic rings. The van der Waals surface area contributed by atoms with Gasteiger partial charge in [-0.3, -0.25) is 15.2 Å². The maximum absolute atomic E-state index is 11.8. The SMILES string of the molecule is CC(=O)NN(c1ccc2ncccc2c1)c1ncc(-c2ccc(Cl)c(Cl)c2)nn1. The Bertz CT molecular complexity index is 1200. The number of hydrazine groups is 1. The van der Waals surface area contributed by atoms with E-state index in [1.807, 2.05) is 30.3 Å². The number of anilines is 2. The summed E-state index contributed by atoms with van der Waals surface area (Å²) in [5, 5.41) is 11.7. The van der Waals surface area contributed by atoms with Gasteiger partial charge >= 0.3 is 0 Å². The zero-order chi connectivity index (χ0) is 20.4. The molecule has 0 radical (unpaired) electrons. The van der Waals surface area contributed by atoms with Crippen molar-refractivity contribution in [1.82, 2.24) is 25.6 Å². The lowest BCUT2D eigenvalue weighted by Gasteiger charge is -2.22. The number of nitrogens with one attached hydrogen (secondary N) is 1. The molecule has 144 valence electrons. The number of nitrogens with zero attached hydrogens (tertiary/aromatic N) is 5. The molecule has 2 aromatic heterocycles. The van der Waals surface area contributed by atoms with Crippen molar-refractivity contribution in [2.24, 2.45) is 0 Å². The van der Waals surface area contributed by atoms with E-state index >= 15 is 0 Å². The van der Waals surface area contributed by atoms with Crippen LogP contribution in [0.4, 0.5) is 11.6 Å². The molecule has 0 aliphatic heterocycles. The third-order valence-corrected chi connectivity index (χ3v) is 4.82. The third kappa shape index (κ3) is 4.11. The zero-order valence-corrected chi connectivity index (χ0v) is 16.7. The van der Waals surface area contributed by atoms with Crippen LogP contribution < -0.4 is 10.4 Å². The number of hydrogen-bond donors (Lipinski definition) is 1. The normalized spacial score (nSPS) is 10.7. The summed E-state index contributed by atoms with van der Waals surface area (Å²) in [4.78, 5) is 20.4. The molecule has 0 saturated carbocycles. The predicted molar refractivity (Wildman–Crippen MR) is 113 cm³/mol. The van der Waals surface area contributed by atoms with Crippen molar-refractivity contribution in [3.05, 3.63) is 71.0 Å². The molecule has 4 aromatic rings.